The van der Waals surface area contributed by atoms with Crippen LogP contribution in [0, 0.1) is 12.7 Å². The molecule has 1 saturated heterocycles. The molecule has 0 aliphatic carbocycles. The van der Waals surface area contributed by atoms with Crippen molar-refractivity contribution in [3.63, 3.8) is 0 Å². The molecule has 1 fully saturated rings. The van der Waals surface area contributed by atoms with Crippen LogP contribution in [0.2, 0.25) is 0 Å². The van der Waals surface area contributed by atoms with E-state index < -0.39 is 29.3 Å². The van der Waals surface area contributed by atoms with Gasteiger partial charge in [0, 0.05) is 5.57 Å². The number of aryl methyl sites for hydroxylation is 1. The van der Waals surface area contributed by atoms with Gasteiger partial charge in [-0.25, -0.2) is 4.39 Å². The minimum Gasteiger partial charge on any atom is -0.872 e. The molecular formula is C23H25FN2O4. The maximum absolute atomic E-state index is 13.5. The standard InChI is InChI=1S/C23H25FN2O4/c1-14-13-16(7-10-18(14)30-4)21(27)19-20(15-5-8-17(24)9-6-15)26(12-11-25(2)3)23(29)22(19)28/h5-10,13,20,27H,11-12H2,1-4H3. The summed E-state index contributed by atoms with van der Waals surface area (Å²) in [6.45, 7) is 2.69. The number of Topliss-reactive ketones (excluding diaryl/α,β-unsaturated/α-hetero) is 1. The van der Waals surface area contributed by atoms with E-state index in [0.29, 0.717) is 30.0 Å². The van der Waals surface area contributed by atoms with Crippen molar-refractivity contribution >= 4 is 17.4 Å². The summed E-state index contributed by atoms with van der Waals surface area (Å²) in [5.41, 5.74) is 1.46. The molecule has 0 spiro atoms. The second-order valence-electron chi connectivity index (χ2n) is 7.67. The number of halogens is 1. The molecule has 1 aliphatic rings. The molecule has 1 unspecified atom stereocenters. The third-order valence-corrected chi connectivity index (χ3v) is 5.22. The minimum absolute atomic E-state index is 0.107. The number of ketones is 1. The van der Waals surface area contributed by atoms with Crippen molar-refractivity contribution in [1.29, 1.82) is 0 Å². The fraction of sp³-hybridized carbons (Fsp3) is 0.304. The van der Waals surface area contributed by atoms with Gasteiger partial charge in [-0.15, -0.1) is 0 Å². The molecule has 6 nitrogen and oxygen atoms in total. The Kier molecular flexibility index (Phi) is 6.22. The molecule has 30 heavy (non-hydrogen) atoms. The number of hydrogen-bond acceptors (Lipinski definition) is 4. The first kappa shape index (κ1) is 21.5. The number of hydrogen-bond donors (Lipinski definition) is 1. The SMILES string of the molecule is COc1ccc(C([O-])=C2C(=O)C(=O)N(CC[NH+](C)C)C2c2ccc(F)cc2)cc1C. The molecule has 0 bridgehead atoms. The van der Waals surface area contributed by atoms with Crippen molar-refractivity contribution in [3.05, 3.63) is 70.5 Å². The number of ether oxygens (including phenoxy) is 1. The lowest BCUT2D eigenvalue weighted by molar-refractivity contribution is -0.857. The maximum Gasteiger partial charge on any atom is 0.295 e. The summed E-state index contributed by atoms with van der Waals surface area (Å²) in [5, 5.41) is 13.3. The average molecular weight is 412 g/mol. The highest BCUT2D eigenvalue weighted by atomic mass is 19.1. The van der Waals surface area contributed by atoms with E-state index >= 15 is 0 Å². The number of nitrogens with zero attached hydrogens (tertiary/aromatic N) is 1. The van der Waals surface area contributed by atoms with Crippen molar-refractivity contribution in [2.75, 3.05) is 34.3 Å². The number of benzene rings is 2. The number of likely N-dealkylation sites (tertiary alicyclic amines) is 1. The number of quaternary nitrogens is 1. The average Bonchev–Trinajstić information content (AvgIpc) is 2.96. The summed E-state index contributed by atoms with van der Waals surface area (Å²) in [7, 11) is 5.41. The minimum atomic E-state index is -0.847. The van der Waals surface area contributed by atoms with E-state index in [1.54, 1.807) is 25.1 Å². The Morgan fingerprint density at radius 1 is 1.17 bits per heavy atom. The topological polar surface area (TPSA) is 74.1 Å². The Morgan fingerprint density at radius 3 is 2.40 bits per heavy atom. The summed E-state index contributed by atoms with van der Waals surface area (Å²) in [6, 6.07) is 9.56. The van der Waals surface area contributed by atoms with Crippen molar-refractivity contribution < 1.29 is 28.7 Å². The van der Waals surface area contributed by atoms with E-state index in [1.165, 1.54) is 36.3 Å². The third kappa shape index (κ3) is 4.07. The van der Waals surface area contributed by atoms with Gasteiger partial charge < -0.3 is 19.6 Å². The second kappa shape index (κ2) is 8.67. The Morgan fingerprint density at radius 2 is 1.83 bits per heavy atom. The number of carbonyl (C=O) groups excluding carboxylic acids is 2. The molecule has 1 amide bonds. The van der Waals surface area contributed by atoms with E-state index in [0.717, 1.165) is 10.5 Å². The normalized spacial score (nSPS) is 18.3. The van der Waals surface area contributed by atoms with Crippen LogP contribution in [-0.2, 0) is 9.59 Å². The number of carbonyl (C=O) groups is 2. The Balaban J connectivity index is 2.14. The van der Waals surface area contributed by atoms with Gasteiger partial charge in [0.2, 0.25) is 5.78 Å². The molecule has 3 rings (SSSR count). The fourth-order valence-electron chi connectivity index (χ4n) is 3.61. The van der Waals surface area contributed by atoms with Crippen LogP contribution in [0.3, 0.4) is 0 Å². The lowest BCUT2D eigenvalue weighted by Crippen LogP contribution is -3.06. The monoisotopic (exact) mass is 412 g/mol. The van der Waals surface area contributed by atoms with Crippen LogP contribution in [0.25, 0.3) is 5.76 Å². The van der Waals surface area contributed by atoms with Gasteiger partial charge in [0.25, 0.3) is 5.91 Å². The Labute approximate surface area is 175 Å². The summed E-state index contributed by atoms with van der Waals surface area (Å²) in [5.74, 6) is -1.84. The fourth-order valence-corrected chi connectivity index (χ4v) is 3.61. The van der Waals surface area contributed by atoms with Crippen LogP contribution in [-0.4, -0.2) is 50.9 Å². The Hall–Kier alpha value is -3.19. The van der Waals surface area contributed by atoms with Crippen LogP contribution >= 0.6 is 0 Å². The van der Waals surface area contributed by atoms with Gasteiger partial charge in [0.1, 0.15) is 11.6 Å². The van der Waals surface area contributed by atoms with Crippen molar-refractivity contribution in [3.8, 4) is 5.75 Å². The molecule has 1 heterocycles. The van der Waals surface area contributed by atoms with E-state index in [1.807, 2.05) is 14.1 Å². The number of methoxy groups -OCH3 is 1. The highest BCUT2D eigenvalue weighted by molar-refractivity contribution is 6.46. The Bertz CT molecular complexity index is 999. The lowest BCUT2D eigenvalue weighted by atomic mass is 9.94. The van der Waals surface area contributed by atoms with Gasteiger partial charge in [-0.1, -0.05) is 24.0 Å². The summed E-state index contributed by atoms with van der Waals surface area (Å²) < 4.78 is 18.7. The van der Waals surface area contributed by atoms with Crippen LogP contribution in [0.5, 0.6) is 5.75 Å². The van der Waals surface area contributed by atoms with E-state index in [2.05, 4.69) is 0 Å². The molecule has 2 aromatic rings. The van der Waals surface area contributed by atoms with Gasteiger partial charge in [-0.3, -0.25) is 9.59 Å². The van der Waals surface area contributed by atoms with E-state index in [4.69, 9.17) is 4.74 Å². The maximum atomic E-state index is 13.5. The lowest BCUT2D eigenvalue weighted by Gasteiger charge is -2.28. The quantitative estimate of drug-likeness (QED) is 0.426. The molecular weight excluding hydrogens is 387 g/mol. The molecule has 0 radical (unpaired) electrons. The van der Waals surface area contributed by atoms with Gasteiger partial charge in [-0.2, -0.15) is 0 Å². The molecule has 158 valence electrons. The van der Waals surface area contributed by atoms with Gasteiger partial charge >= 0.3 is 0 Å². The predicted molar refractivity (Wildman–Crippen MR) is 108 cm³/mol. The second-order valence-corrected chi connectivity index (χ2v) is 7.67. The largest absolute Gasteiger partial charge is 0.872 e. The highest BCUT2D eigenvalue weighted by Crippen LogP contribution is 2.38. The third-order valence-electron chi connectivity index (χ3n) is 5.22. The molecule has 1 N–H and O–H groups in total. The van der Waals surface area contributed by atoms with Crippen molar-refractivity contribution in [1.82, 2.24) is 4.90 Å². The van der Waals surface area contributed by atoms with Crippen molar-refractivity contribution in [2.24, 2.45) is 0 Å². The van der Waals surface area contributed by atoms with Crippen molar-refractivity contribution in [2.45, 2.75) is 13.0 Å². The molecule has 0 aromatic heterocycles. The molecule has 2 aromatic carbocycles. The first-order chi connectivity index (χ1) is 14.2. The zero-order valence-corrected chi connectivity index (χ0v) is 17.5. The van der Waals surface area contributed by atoms with Crippen LogP contribution in [0.4, 0.5) is 4.39 Å². The molecule has 1 atom stereocenters. The summed E-state index contributed by atoms with van der Waals surface area (Å²) >= 11 is 0. The zero-order chi connectivity index (χ0) is 22.0. The van der Waals surface area contributed by atoms with E-state index in [9.17, 15) is 19.1 Å². The summed E-state index contributed by atoms with van der Waals surface area (Å²) in [4.78, 5) is 28.2. The molecule has 7 heteroatoms. The van der Waals surface area contributed by atoms with Gasteiger partial charge in [-0.05, 0) is 47.9 Å². The van der Waals surface area contributed by atoms with E-state index in [-0.39, 0.29) is 5.57 Å². The summed E-state index contributed by atoms with van der Waals surface area (Å²) in [6.07, 6.45) is 0. The zero-order valence-electron chi connectivity index (χ0n) is 17.5. The molecule has 1 aliphatic heterocycles. The van der Waals surface area contributed by atoms with Crippen LogP contribution < -0.4 is 14.7 Å². The number of rotatable bonds is 6. The number of amides is 1. The first-order valence-electron chi connectivity index (χ1n) is 9.70. The first-order valence-corrected chi connectivity index (χ1v) is 9.70. The smallest absolute Gasteiger partial charge is 0.295 e. The number of likely N-dealkylation sites (N-methyl/N-ethyl adjacent to an activating group) is 1. The van der Waals surface area contributed by atoms with Crippen LogP contribution in [0.1, 0.15) is 22.7 Å². The molecule has 0 saturated carbocycles. The number of nitrogens with one attached hydrogen (secondary N) is 1. The predicted octanol–water partition coefficient (Wildman–Crippen LogP) is 0.511. The van der Waals surface area contributed by atoms with Gasteiger partial charge in [0.05, 0.1) is 40.3 Å². The highest BCUT2D eigenvalue weighted by Gasteiger charge is 2.44. The van der Waals surface area contributed by atoms with Gasteiger partial charge in [0.15, 0.2) is 0 Å². The van der Waals surface area contributed by atoms with Crippen LogP contribution in [0.15, 0.2) is 48.0 Å².